The second kappa shape index (κ2) is 7.78. The minimum atomic E-state index is -0.289. The lowest BCUT2D eigenvalue weighted by Crippen LogP contribution is -2.48. The van der Waals surface area contributed by atoms with Crippen LogP contribution in [-0.2, 0) is 4.79 Å². The van der Waals surface area contributed by atoms with Crippen molar-refractivity contribution < 1.29 is 4.79 Å². The van der Waals surface area contributed by atoms with Gasteiger partial charge in [-0.3, -0.25) is 4.79 Å². The third-order valence-electron chi connectivity index (χ3n) is 3.82. The van der Waals surface area contributed by atoms with Crippen LogP contribution in [0.25, 0.3) is 0 Å². The summed E-state index contributed by atoms with van der Waals surface area (Å²) >= 11 is 0. The van der Waals surface area contributed by atoms with Crippen LogP contribution in [0, 0.1) is 5.92 Å². The summed E-state index contributed by atoms with van der Waals surface area (Å²) in [6.45, 7) is 7.47. The first-order valence-corrected chi connectivity index (χ1v) is 7.62. The fourth-order valence-corrected chi connectivity index (χ4v) is 2.90. The molecular weight excluding hydrogens is 224 g/mol. The Hall–Kier alpha value is -0.570. The molecule has 0 spiro atoms. The smallest absolute Gasteiger partial charge is 0.239 e. The van der Waals surface area contributed by atoms with Gasteiger partial charge < -0.3 is 10.6 Å². The van der Waals surface area contributed by atoms with Crippen molar-refractivity contribution in [3.05, 3.63) is 0 Å². The van der Waals surface area contributed by atoms with Crippen LogP contribution in [0.2, 0.25) is 0 Å². The van der Waals surface area contributed by atoms with Crippen molar-refractivity contribution in [2.24, 2.45) is 11.7 Å². The predicted octanol–water partition coefficient (Wildman–Crippen LogP) is 2.93. The molecule has 1 saturated heterocycles. The zero-order chi connectivity index (χ0) is 13.5. The SMILES string of the molecule is CCCC(N)C(=O)N1CCCCCC1CC(C)C. The van der Waals surface area contributed by atoms with E-state index >= 15 is 0 Å². The van der Waals surface area contributed by atoms with E-state index in [4.69, 9.17) is 5.73 Å². The van der Waals surface area contributed by atoms with Gasteiger partial charge in [0.25, 0.3) is 0 Å². The minimum absolute atomic E-state index is 0.185. The highest BCUT2D eigenvalue weighted by Gasteiger charge is 2.28. The monoisotopic (exact) mass is 254 g/mol. The molecule has 1 amide bonds. The van der Waals surface area contributed by atoms with Crippen LogP contribution < -0.4 is 5.73 Å². The second-order valence-electron chi connectivity index (χ2n) is 6.06. The van der Waals surface area contributed by atoms with Gasteiger partial charge in [-0.15, -0.1) is 0 Å². The lowest BCUT2D eigenvalue weighted by Gasteiger charge is -2.33. The molecule has 1 heterocycles. The number of likely N-dealkylation sites (tertiary alicyclic amines) is 1. The number of nitrogens with zero attached hydrogens (tertiary/aromatic N) is 1. The molecule has 2 N–H and O–H groups in total. The molecule has 0 aromatic rings. The van der Waals surface area contributed by atoms with Gasteiger partial charge in [-0.1, -0.05) is 40.0 Å². The van der Waals surface area contributed by atoms with Crippen molar-refractivity contribution >= 4 is 5.91 Å². The van der Waals surface area contributed by atoms with Crippen molar-refractivity contribution in [2.45, 2.75) is 77.8 Å². The Bertz CT molecular complexity index is 253. The van der Waals surface area contributed by atoms with Crippen molar-refractivity contribution in [1.82, 2.24) is 4.90 Å². The number of hydrogen-bond donors (Lipinski definition) is 1. The van der Waals surface area contributed by atoms with Crippen LogP contribution >= 0.6 is 0 Å². The summed E-state index contributed by atoms with van der Waals surface area (Å²) < 4.78 is 0. The zero-order valence-corrected chi connectivity index (χ0v) is 12.3. The summed E-state index contributed by atoms with van der Waals surface area (Å²) in [6, 6.07) is 0.130. The van der Waals surface area contributed by atoms with Gasteiger partial charge >= 0.3 is 0 Å². The third kappa shape index (κ3) is 4.60. The summed E-state index contributed by atoms with van der Waals surface area (Å²) in [5.41, 5.74) is 6.01. The van der Waals surface area contributed by atoms with Crippen molar-refractivity contribution in [1.29, 1.82) is 0 Å². The van der Waals surface area contributed by atoms with Gasteiger partial charge in [-0.2, -0.15) is 0 Å². The molecule has 2 unspecified atom stereocenters. The first-order chi connectivity index (χ1) is 8.56. The Kier molecular flexibility index (Phi) is 6.69. The van der Waals surface area contributed by atoms with E-state index in [0.29, 0.717) is 12.0 Å². The quantitative estimate of drug-likeness (QED) is 0.820. The summed E-state index contributed by atoms with van der Waals surface area (Å²) in [7, 11) is 0. The van der Waals surface area contributed by atoms with Gasteiger partial charge in [0.15, 0.2) is 0 Å². The van der Waals surface area contributed by atoms with Gasteiger partial charge in [-0.25, -0.2) is 0 Å². The molecule has 3 heteroatoms. The molecule has 1 aliphatic heterocycles. The molecule has 1 aliphatic rings. The molecule has 0 bridgehead atoms. The molecule has 106 valence electrons. The molecule has 0 radical (unpaired) electrons. The van der Waals surface area contributed by atoms with E-state index in [9.17, 15) is 4.79 Å². The predicted molar refractivity (Wildman–Crippen MR) is 76.3 cm³/mol. The lowest BCUT2D eigenvalue weighted by atomic mass is 9.98. The van der Waals surface area contributed by atoms with Crippen LogP contribution in [0.5, 0.6) is 0 Å². The summed E-state index contributed by atoms with van der Waals surface area (Å²) in [4.78, 5) is 14.5. The van der Waals surface area contributed by atoms with Crippen LogP contribution in [0.4, 0.5) is 0 Å². The van der Waals surface area contributed by atoms with Crippen LogP contribution in [0.1, 0.15) is 65.7 Å². The van der Waals surface area contributed by atoms with Gasteiger partial charge in [0.05, 0.1) is 6.04 Å². The first kappa shape index (κ1) is 15.5. The molecule has 0 aliphatic carbocycles. The third-order valence-corrected chi connectivity index (χ3v) is 3.82. The largest absolute Gasteiger partial charge is 0.338 e. The maximum Gasteiger partial charge on any atom is 0.239 e. The van der Waals surface area contributed by atoms with E-state index in [1.807, 2.05) is 0 Å². The molecule has 18 heavy (non-hydrogen) atoms. The number of nitrogens with two attached hydrogens (primary N) is 1. The number of carbonyl (C=O) groups is 1. The molecular formula is C15H30N2O. The van der Waals surface area contributed by atoms with E-state index in [2.05, 4.69) is 25.7 Å². The first-order valence-electron chi connectivity index (χ1n) is 7.62. The van der Waals surface area contributed by atoms with Crippen molar-refractivity contribution in [2.75, 3.05) is 6.54 Å². The summed E-state index contributed by atoms with van der Waals surface area (Å²) in [5.74, 6) is 0.829. The normalized spacial score (nSPS) is 22.9. The highest BCUT2D eigenvalue weighted by Crippen LogP contribution is 2.23. The van der Waals surface area contributed by atoms with Crippen LogP contribution in [0.15, 0.2) is 0 Å². The van der Waals surface area contributed by atoms with E-state index in [1.54, 1.807) is 0 Å². The van der Waals surface area contributed by atoms with Crippen molar-refractivity contribution in [3.8, 4) is 0 Å². The Labute approximate surface area is 112 Å². The molecule has 0 saturated carbocycles. The zero-order valence-electron chi connectivity index (χ0n) is 12.3. The van der Waals surface area contributed by atoms with Gasteiger partial charge in [-0.05, 0) is 31.6 Å². The van der Waals surface area contributed by atoms with Gasteiger partial charge in [0, 0.05) is 12.6 Å². The average Bonchev–Trinajstić information content (AvgIpc) is 2.53. The fourth-order valence-electron chi connectivity index (χ4n) is 2.90. The molecule has 0 aromatic carbocycles. The van der Waals surface area contributed by atoms with E-state index in [-0.39, 0.29) is 11.9 Å². The molecule has 1 fully saturated rings. The lowest BCUT2D eigenvalue weighted by molar-refractivity contribution is -0.135. The number of rotatable bonds is 5. The average molecular weight is 254 g/mol. The fraction of sp³-hybridized carbons (Fsp3) is 0.933. The van der Waals surface area contributed by atoms with Gasteiger partial charge in [0.2, 0.25) is 5.91 Å². The highest BCUT2D eigenvalue weighted by molar-refractivity contribution is 5.82. The molecule has 1 rings (SSSR count). The molecule has 3 nitrogen and oxygen atoms in total. The topological polar surface area (TPSA) is 46.3 Å². The molecule has 0 aromatic heterocycles. The van der Waals surface area contributed by atoms with Gasteiger partial charge in [0.1, 0.15) is 0 Å². The minimum Gasteiger partial charge on any atom is -0.338 e. The number of carbonyl (C=O) groups excluding carboxylic acids is 1. The Morgan fingerprint density at radius 1 is 1.33 bits per heavy atom. The van der Waals surface area contributed by atoms with Crippen molar-refractivity contribution in [3.63, 3.8) is 0 Å². The maximum atomic E-state index is 12.4. The second-order valence-corrected chi connectivity index (χ2v) is 6.06. The Morgan fingerprint density at radius 2 is 2.06 bits per heavy atom. The van der Waals surface area contributed by atoms with Crippen LogP contribution in [-0.4, -0.2) is 29.4 Å². The standard InChI is InChI=1S/C15H30N2O/c1-4-8-14(16)15(18)17-10-7-5-6-9-13(17)11-12(2)3/h12-14H,4-11,16H2,1-3H3. The highest BCUT2D eigenvalue weighted by atomic mass is 16.2. The van der Waals surface area contributed by atoms with E-state index in [0.717, 1.165) is 38.6 Å². The number of hydrogen-bond acceptors (Lipinski definition) is 2. The summed E-state index contributed by atoms with van der Waals surface area (Å²) in [5, 5.41) is 0. The van der Waals surface area contributed by atoms with Crippen LogP contribution in [0.3, 0.4) is 0 Å². The Balaban J connectivity index is 2.68. The summed E-state index contributed by atoms with van der Waals surface area (Å²) in [6.07, 6.45) is 7.71. The van der Waals surface area contributed by atoms with E-state index < -0.39 is 0 Å². The maximum absolute atomic E-state index is 12.4. The molecule has 2 atom stereocenters. The Morgan fingerprint density at radius 3 is 2.67 bits per heavy atom. The number of amides is 1. The van der Waals surface area contributed by atoms with E-state index in [1.165, 1.54) is 12.8 Å².